The number of carbonyl (C=O) groups is 2. The number of carbonyl (C=O) groups excluding carboxylic acids is 2. The first-order valence-electron chi connectivity index (χ1n) is 11.1. The van der Waals surface area contributed by atoms with Gasteiger partial charge in [0.25, 0.3) is 11.8 Å². The van der Waals surface area contributed by atoms with Crippen molar-refractivity contribution < 1.29 is 9.59 Å². The van der Waals surface area contributed by atoms with Gasteiger partial charge in [-0.1, -0.05) is 30.3 Å². The van der Waals surface area contributed by atoms with Crippen LogP contribution in [0.2, 0.25) is 0 Å². The molecule has 0 unspecified atom stereocenters. The Kier molecular flexibility index (Phi) is 5.88. The molecule has 2 N–H and O–H groups in total. The molecule has 3 heterocycles. The van der Waals surface area contributed by atoms with Gasteiger partial charge < -0.3 is 10.6 Å². The van der Waals surface area contributed by atoms with Gasteiger partial charge in [0.2, 0.25) is 0 Å². The van der Waals surface area contributed by atoms with Crippen LogP contribution >= 0.6 is 11.3 Å². The van der Waals surface area contributed by atoms with Crippen LogP contribution in [0.1, 0.15) is 32.0 Å². The Hall–Kier alpha value is -4.30. The quantitative estimate of drug-likeness (QED) is 0.331. The maximum Gasteiger partial charge on any atom is 0.256 e. The van der Waals surface area contributed by atoms with E-state index in [9.17, 15) is 9.59 Å². The van der Waals surface area contributed by atoms with Crippen LogP contribution < -0.4 is 10.6 Å². The summed E-state index contributed by atoms with van der Waals surface area (Å²) in [5.74, 6) is -0.472. The normalized spacial score (nSPS) is 10.9. The van der Waals surface area contributed by atoms with Crippen LogP contribution in [0.25, 0.3) is 21.6 Å². The number of anilines is 2. The molecule has 5 rings (SSSR count). The minimum Gasteiger partial charge on any atom is -0.322 e. The molecule has 0 radical (unpaired) electrons. The second-order valence-corrected chi connectivity index (χ2v) is 9.14. The van der Waals surface area contributed by atoms with Crippen molar-refractivity contribution in [3.05, 3.63) is 94.5 Å². The fraction of sp³-hybridized carbons (Fsp3) is 0.111. The van der Waals surface area contributed by atoms with E-state index < -0.39 is 0 Å². The Morgan fingerprint density at radius 3 is 2.29 bits per heavy atom. The summed E-state index contributed by atoms with van der Waals surface area (Å²) in [5.41, 5.74) is 5.19. The van der Waals surface area contributed by atoms with Gasteiger partial charge in [0.05, 0.1) is 27.2 Å². The third-order valence-corrected chi connectivity index (χ3v) is 6.75. The molecule has 0 saturated heterocycles. The number of nitrogens with zero attached hydrogens (tertiary/aromatic N) is 3. The number of fused-ring (bicyclic) bond motifs is 1. The molecule has 2 amide bonds. The molecule has 7 nitrogen and oxygen atoms in total. The Balaban J connectivity index is 1.49. The van der Waals surface area contributed by atoms with Crippen molar-refractivity contribution in [2.24, 2.45) is 7.05 Å². The number of thiophene rings is 1. The molecule has 0 aliphatic carbocycles. The average Bonchev–Trinajstić information content (AvgIpc) is 3.50. The van der Waals surface area contributed by atoms with E-state index in [0.29, 0.717) is 28.1 Å². The summed E-state index contributed by atoms with van der Waals surface area (Å²) in [7, 11) is 1.82. The SMILES string of the molecule is Cc1c(NC(=O)c2ccccc2)cccc1NC(=O)c1cc(-c2cccs2)nc2c1c(C)nn2C. The molecule has 0 spiro atoms. The minimum absolute atomic E-state index is 0.209. The molecule has 0 aliphatic heterocycles. The average molecular weight is 482 g/mol. The van der Waals surface area contributed by atoms with Crippen molar-refractivity contribution in [2.75, 3.05) is 10.6 Å². The minimum atomic E-state index is -0.263. The van der Waals surface area contributed by atoms with Gasteiger partial charge in [0.1, 0.15) is 0 Å². The van der Waals surface area contributed by atoms with Gasteiger partial charge in [0, 0.05) is 24.0 Å². The number of amides is 2. The molecule has 0 bridgehead atoms. The monoisotopic (exact) mass is 481 g/mol. The highest BCUT2D eigenvalue weighted by atomic mass is 32.1. The number of aryl methyl sites for hydroxylation is 2. The summed E-state index contributed by atoms with van der Waals surface area (Å²) in [6.45, 7) is 3.74. The zero-order valence-electron chi connectivity index (χ0n) is 19.5. The summed E-state index contributed by atoms with van der Waals surface area (Å²) < 4.78 is 1.70. The van der Waals surface area contributed by atoms with E-state index in [1.807, 2.05) is 74.8 Å². The van der Waals surface area contributed by atoms with Crippen molar-refractivity contribution >= 4 is 45.6 Å². The standard InChI is InChI=1S/C27H23N5O2S/c1-16-20(29-26(33)18-9-5-4-6-10-18)11-7-12-21(16)30-27(34)19-15-22(23-13-8-14-35-23)28-25-24(19)17(2)31-32(25)3/h4-15H,1-3H3,(H,29,33)(H,30,34). The molecule has 0 saturated carbocycles. The van der Waals surface area contributed by atoms with Gasteiger partial charge in [-0.25, -0.2) is 4.98 Å². The number of nitrogens with one attached hydrogen (secondary N) is 2. The summed E-state index contributed by atoms with van der Waals surface area (Å²) in [4.78, 5) is 31.9. The lowest BCUT2D eigenvalue weighted by molar-refractivity contribution is 0.102. The Bertz CT molecular complexity index is 1560. The van der Waals surface area contributed by atoms with E-state index in [4.69, 9.17) is 4.98 Å². The van der Waals surface area contributed by atoms with Crippen LogP contribution in [-0.4, -0.2) is 26.6 Å². The summed E-state index contributed by atoms with van der Waals surface area (Å²) in [5, 5.41) is 13.2. The van der Waals surface area contributed by atoms with Crippen LogP contribution in [0.15, 0.2) is 72.1 Å². The summed E-state index contributed by atoms with van der Waals surface area (Å²) >= 11 is 1.57. The molecule has 0 atom stereocenters. The fourth-order valence-electron chi connectivity index (χ4n) is 4.05. The smallest absolute Gasteiger partial charge is 0.256 e. The lowest BCUT2D eigenvalue weighted by Crippen LogP contribution is -2.16. The first kappa shape index (κ1) is 22.5. The van der Waals surface area contributed by atoms with E-state index in [0.717, 1.165) is 27.2 Å². The second-order valence-electron chi connectivity index (χ2n) is 8.19. The molecule has 5 aromatic rings. The lowest BCUT2D eigenvalue weighted by Gasteiger charge is -2.14. The molecular formula is C27H23N5O2S. The zero-order chi connectivity index (χ0) is 24.5. The first-order valence-corrected chi connectivity index (χ1v) is 12.0. The van der Waals surface area contributed by atoms with Crippen LogP contribution in [0, 0.1) is 13.8 Å². The number of benzene rings is 2. The molecule has 0 aliphatic rings. The molecule has 8 heteroatoms. The van der Waals surface area contributed by atoms with Crippen LogP contribution in [-0.2, 0) is 7.05 Å². The summed E-state index contributed by atoms with van der Waals surface area (Å²) in [6, 6.07) is 20.2. The Morgan fingerprint density at radius 2 is 1.60 bits per heavy atom. The van der Waals surface area contributed by atoms with Gasteiger partial charge in [-0.15, -0.1) is 11.3 Å². The molecule has 0 fully saturated rings. The highest BCUT2D eigenvalue weighted by molar-refractivity contribution is 7.13. The molecular weight excluding hydrogens is 458 g/mol. The fourth-order valence-corrected chi connectivity index (χ4v) is 4.74. The number of aromatic nitrogens is 3. The lowest BCUT2D eigenvalue weighted by atomic mass is 10.1. The number of hydrogen-bond donors (Lipinski definition) is 2. The highest BCUT2D eigenvalue weighted by Crippen LogP contribution is 2.31. The van der Waals surface area contributed by atoms with E-state index in [2.05, 4.69) is 15.7 Å². The van der Waals surface area contributed by atoms with Gasteiger partial charge in [-0.3, -0.25) is 14.3 Å². The predicted octanol–water partition coefficient (Wildman–Crippen LogP) is 5.82. The third kappa shape index (κ3) is 4.31. The van der Waals surface area contributed by atoms with Gasteiger partial charge in [-0.2, -0.15) is 5.10 Å². The van der Waals surface area contributed by atoms with Crippen molar-refractivity contribution in [1.29, 1.82) is 0 Å². The molecule has 35 heavy (non-hydrogen) atoms. The van der Waals surface area contributed by atoms with E-state index in [1.165, 1.54) is 0 Å². The maximum atomic E-state index is 13.6. The number of hydrogen-bond acceptors (Lipinski definition) is 5. The van der Waals surface area contributed by atoms with E-state index in [-0.39, 0.29) is 11.8 Å². The Morgan fingerprint density at radius 1 is 0.886 bits per heavy atom. The van der Waals surface area contributed by atoms with Crippen LogP contribution in [0.3, 0.4) is 0 Å². The largest absolute Gasteiger partial charge is 0.322 e. The zero-order valence-corrected chi connectivity index (χ0v) is 20.3. The first-order chi connectivity index (χ1) is 16.9. The topological polar surface area (TPSA) is 88.9 Å². The molecule has 2 aromatic carbocycles. The molecule has 174 valence electrons. The highest BCUT2D eigenvalue weighted by Gasteiger charge is 2.20. The van der Waals surface area contributed by atoms with E-state index in [1.54, 1.807) is 34.2 Å². The van der Waals surface area contributed by atoms with Crippen LogP contribution in [0.4, 0.5) is 11.4 Å². The van der Waals surface area contributed by atoms with Crippen molar-refractivity contribution in [3.8, 4) is 10.6 Å². The van der Waals surface area contributed by atoms with Crippen molar-refractivity contribution in [3.63, 3.8) is 0 Å². The predicted molar refractivity (Wildman–Crippen MR) is 140 cm³/mol. The van der Waals surface area contributed by atoms with Crippen LogP contribution in [0.5, 0.6) is 0 Å². The second kappa shape index (κ2) is 9.15. The third-order valence-electron chi connectivity index (χ3n) is 5.85. The van der Waals surface area contributed by atoms with Gasteiger partial charge >= 0.3 is 0 Å². The van der Waals surface area contributed by atoms with E-state index >= 15 is 0 Å². The van der Waals surface area contributed by atoms with Crippen molar-refractivity contribution in [1.82, 2.24) is 14.8 Å². The maximum absolute atomic E-state index is 13.6. The van der Waals surface area contributed by atoms with Crippen molar-refractivity contribution in [2.45, 2.75) is 13.8 Å². The Labute approximate surface area is 206 Å². The van der Waals surface area contributed by atoms with Gasteiger partial charge in [-0.05, 0) is 61.2 Å². The summed E-state index contributed by atoms with van der Waals surface area (Å²) in [6.07, 6.45) is 0. The number of rotatable bonds is 5. The number of pyridine rings is 1. The molecule has 3 aromatic heterocycles. The van der Waals surface area contributed by atoms with Gasteiger partial charge in [0.15, 0.2) is 5.65 Å².